The summed E-state index contributed by atoms with van der Waals surface area (Å²) in [6.45, 7) is 1.49. The number of aryl methyl sites for hydroxylation is 1. The quantitative estimate of drug-likeness (QED) is 0.689. The summed E-state index contributed by atoms with van der Waals surface area (Å²) in [7, 11) is -3.83. The Balaban J connectivity index is 1.98. The monoisotopic (exact) mass is 321 g/mol. The number of hydrogen-bond acceptors (Lipinski definition) is 3. The molecule has 3 rings (SSSR count). The molecule has 1 aromatic heterocycles. The molecule has 0 atom stereocenters. The first-order valence-corrected chi connectivity index (χ1v) is 7.84. The van der Waals surface area contributed by atoms with E-state index in [0.29, 0.717) is 16.7 Å². The van der Waals surface area contributed by atoms with E-state index >= 15 is 0 Å². The van der Waals surface area contributed by atoms with E-state index in [1.165, 1.54) is 31.2 Å². The first kappa shape index (κ1) is 14.3. The fourth-order valence-electron chi connectivity index (χ4n) is 2.09. The van der Waals surface area contributed by atoms with Crippen LogP contribution in [0.5, 0.6) is 0 Å². The van der Waals surface area contributed by atoms with Crippen molar-refractivity contribution in [2.45, 2.75) is 11.8 Å². The van der Waals surface area contributed by atoms with E-state index in [1.807, 2.05) is 0 Å². The second kappa shape index (κ2) is 4.99. The molecular weight excluding hydrogens is 309 g/mol. The molecule has 114 valence electrons. The van der Waals surface area contributed by atoms with Crippen LogP contribution in [-0.2, 0) is 10.0 Å². The molecule has 3 N–H and O–H groups in total. The first-order valence-electron chi connectivity index (χ1n) is 6.36. The predicted octanol–water partition coefficient (Wildman–Crippen LogP) is 2.10. The Morgan fingerprint density at radius 2 is 1.77 bits per heavy atom. The Hall–Kier alpha value is -2.61. The molecule has 0 aliphatic carbocycles. The van der Waals surface area contributed by atoms with Gasteiger partial charge in [-0.05, 0) is 48.9 Å². The summed E-state index contributed by atoms with van der Waals surface area (Å²) in [5.41, 5.74) is 1.23. The molecular formula is C14H12FN3O3S. The van der Waals surface area contributed by atoms with Crippen LogP contribution >= 0.6 is 0 Å². The Morgan fingerprint density at radius 1 is 1.05 bits per heavy atom. The molecule has 0 unspecified atom stereocenters. The van der Waals surface area contributed by atoms with Gasteiger partial charge in [0.05, 0.1) is 21.6 Å². The number of halogens is 1. The van der Waals surface area contributed by atoms with Crippen LogP contribution in [0.4, 0.5) is 10.1 Å². The summed E-state index contributed by atoms with van der Waals surface area (Å²) in [6.07, 6.45) is 0. The molecule has 0 saturated carbocycles. The van der Waals surface area contributed by atoms with Gasteiger partial charge in [0.1, 0.15) is 5.82 Å². The number of sulfonamides is 1. The molecule has 1 heterocycles. The number of fused-ring (bicyclic) bond motifs is 1. The maximum Gasteiger partial charge on any atom is 0.323 e. The van der Waals surface area contributed by atoms with Crippen molar-refractivity contribution in [3.63, 3.8) is 0 Å². The lowest BCUT2D eigenvalue weighted by Crippen LogP contribution is -2.13. The number of H-pyrrole nitrogens is 2. The number of hydrogen-bond donors (Lipinski definition) is 3. The predicted molar refractivity (Wildman–Crippen MR) is 80.9 cm³/mol. The molecule has 8 heteroatoms. The molecule has 3 aromatic rings. The average molecular weight is 321 g/mol. The van der Waals surface area contributed by atoms with E-state index < -0.39 is 15.8 Å². The van der Waals surface area contributed by atoms with Gasteiger partial charge in [-0.2, -0.15) is 0 Å². The van der Waals surface area contributed by atoms with Crippen molar-refractivity contribution < 1.29 is 12.8 Å². The minimum absolute atomic E-state index is 0.0333. The lowest BCUT2D eigenvalue weighted by atomic mass is 10.2. The molecule has 0 aliphatic rings. The molecule has 0 radical (unpaired) electrons. The standard InChI is InChI=1S/C14H12FN3O3S/c1-8-6-10(3-4-11(8)15)22(20,21)18-9-2-5-12-13(7-9)17-14(19)16-12/h2-7,18H,1H3,(H2,16,17,19). The van der Waals surface area contributed by atoms with E-state index in [-0.39, 0.29) is 16.1 Å². The summed E-state index contributed by atoms with van der Waals surface area (Å²) in [5.74, 6) is -0.467. The summed E-state index contributed by atoms with van der Waals surface area (Å²) < 4.78 is 40.2. The molecule has 22 heavy (non-hydrogen) atoms. The summed E-state index contributed by atoms with van der Waals surface area (Å²) in [4.78, 5) is 16.3. The molecule has 0 spiro atoms. The average Bonchev–Trinajstić information content (AvgIpc) is 2.80. The summed E-state index contributed by atoms with van der Waals surface area (Å²) >= 11 is 0. The fraction of sp³-hybridized carbons (Fsp3) is 0.0714. The maximum absolute atomic E-state index is 13.2. The molecule has 2 aromatic carbocycles. The van der Waals surface area contributed by atoms with Crippen LogP contribution in [0.3, 0.4) is 0 Å². The highest BCUT2D eigenvalue weighted by atomic mass is 32.2. The summed E-state index contributed by atoms with van der Waals surface area (Å²) in [5, 5.41) is 0. The van der Waals surface area contributed by atoms with Gasteiger partial charge >= 0.3 is 5.69 Å². The van der Waals surface area contributed by atoms with Gasteiger partial charge in [-0.25, -0.2) is 17.6 Å². The molecule has 6 nitrogen and oxygen atoms in total. The van der Waals surface area contributed by atoms with Crippen LogP contribution in [0.1, 0.15) is 5.56 Å². The number of nitrogens with one attached hydrogen (secondary N) is 3. The van der Waals surface area contributed by atoms with Crippen molar-refractivity contribution >= 4 is 26.7 Å². The molecule has 0 fully saturated rings. The van der Waals surface area contributed by atoms with E-state index in [2.05, 4.69) is 14.7 Å². The fourth-order valence-corrected chi connectivity index (χ4v) is 3.23. The number of rotatable bonds is 3. The van der Waals surface area contributed by atoms with Crippen LogP contribution in [-0.4, -0.2) is 18.4 Å². The van der Waals surface area contributed by atoms with Crippen LogP contribution < -0.4 is 10.4 Å². The van der Waals surface area contributed by atoms with Crippen LogP contribution in [0, 0.1) is 12.7 Å². The lowest BCUT2D eigenvalue weighted by molar-refractivity contribution is 0.598. The van der Waals surface area contributed by atoms with Crippen LogP contribution in [0.2, 0.25) is 0 Å². The van der Waals surface area contributed by atoms with Gasteiger partial charge in [0, 0.05) is 0 Å². The van der Waals surface area contributed by atoms with Crippen molar-refractivity contribution in [3.05, 3.63) is 58.3 Å². The second-order valence-electron chi connectivity index (χ2n) is 4.86. The molecule has 0 aliphatic heterocycles. The van der Waals surface area contributed by atoms with Gasteiger partial charge in [-0.1, -0.05) is 0 Å². The first-order chi connectivity index (χ1) is 10.3. The van der Waals surface area contributed by atoms with E-state index in [9.17, 15) is 17.6 Å². The Morgan fingerprint density at radius 3 is 2.50 bits per heavy atom. The van der Waals surface area contributed by atoms with E-state index in [0.717, 1.165) is 6.07 Å². The zero-order chi connectivity index (χ0) is 15.9. The topological polar surface area (TPSA) is 94.8 Å². The molecule has 0 bridgehead atoms. The SMILES string of the molecule is Cc1cc(S(=O)(=O)Nc2ccc3[nH]c(=O)[nH]c3c2)ccc1F. The van der Waals surface area contributed by atoms with E-state index in [4.69, 9.17) is 0 Å². The van der Waals surface area contributed by atoms with Crippen molar-refractivity contribution in [1.29, 1.82) is 0 Å². The third kappa shape index (κ3) is 2.60. The minimum atomic E-state index is -3.83. The van der Waals surface area contributed by atoms with Gasteiger partial charge in [0.25, 0.3) is 10.0 Å². The number of anilines is 1. The highest BCUT2D eigenvalue weighted by molar-refractivity contribution is 7.92. The number of imidazole rings is 1. The highest BCUT2D eigenvalue weighted by Gasteiger charge is 2.16. The minimum Gasteiger partial charge on any atom is -0.306 e. The van der Waals surface area contributed by atoms with Crippen LogP contribution in [0.15, 0.2) is 46.1 Å². The summed E-state index contributed by atoms with van der Waals surface area (Å²) in [6, 6.07) is 8.18. The third-order valence-corrected chi connectivity index (χ3v) is 4.59. The van der Waals surface area contributed by atoms with Crippen molar-refractivity contribution in [1.82, 2.24) is 9.97 Å². The largest absolute Gasteiger partial charge is 0.323 e. The normalized spacial score (nSPS) is 11.7. The third-order valence-electron chi connectivity index (χ3n) is 3.21. The second-order valence-corrected chi connectivity index (χ2v) is 6.54. The molecule has 0 amide bonds. The zero-order valence-electron chi connectivity index (χ0n) is 11.5. The number of aromatic nitrogens is 2. The Labute approximate surface area is 125 Å². The lowest BCUT2D eigenvalue weighted by Gasteiger charge is -2.09. The van der Waals surface area contributed by atoms with Gasteiger partial charge in [-0.15, -0.1) is 0 Å². The van der Waals surface area contributed by atoms with Crippen molar-refractivity contribution in [2.75, 3.05) is 4.72 Å². The zero-order valence-corrected chi connectivity index (χ0v) is 12.3. The van der Waals surface area contributed by atoms with Crippen molar-refractivity contribution in [3.8, 4) is 0 Å². The Kier molecular flexibility index (Phi) is 3.25. The highest BCUT2D eigenvalue weighted by Crippen LogP contribution is 2.20. The van der Waals surface area contributed by atoms with Crippen LogP contribution in [0.25, 0.3) is 11.0 Å². The smallest absolute Gasteiger partial charge is 0.306 e. The van der Waals surface area contributed by atoms with Gasteiger partial charge in [0.15, 0.2) is 0 Å². The number of benzene rings is 2. The maximum atomic E-state index is 13.2. The van der Waals surface area contributed by atoms with Gasteiger partial charge in [0.2, 0.25) is 0 Å². The Bertz CT molecular complexity index is 1020. The number of aromatic amines is 2. The van der Waals surface area contributed by atoms with E-state index in [1.54, 1.807) is 6.07 Å². The molecule has 0 saturated heterocycles. The van der Waals surface area contributed by atoms with Gasteiger partial charge < -0.3 is 9.97 Å². The van der Waals surface area contributed by atoms with Crippen molar-refractivity contribution in [2.24, 2.45) is 0 Å². The van der Waals surface area contributed by atoms with Gasteiger partial charge in [-0.3, -0.25) is 4.72 Å².